The van der Waals surface area contributed by atoms with Gasteiger partial charge in [-0.1, -0.05) is 73.9 Å². The van der Waals surface area contributed by atoms with Gasteiger partial charge in [-0.2, -0.15) is 0 Å². The number of benzene rings is 2. The number of hydrogen-bond acceptors (Lipinski definition) is 1. The first kappa shape index (κ1) is 17.0. The van der Waals surface area contributed by atoms with E-state index < -0.39 is 0 Å². The predicted octanol–water partition coefficient (Wildman–Crippen LogP) is 5.51. The molecule has 2 aromatic rings. The van der Waals surface area contributed by atoms with Gasteiger partial charge >= 0.3 is 0 Å². The van der Waals surface area contributed by atoms with Crippen molar-refractivity contribution >= 4 is 10.5 Å². The molecule has 3 radical (unpaired) electrons. The van der Waals surface area contributed by atoms with Gasteiger partial charge in [0.1, 0.15) is 0 Å². The van der Waals surface area contributed by atoms with Crippen molar-refractivity contribution in [2.75, 3.05) is 6.61 Å². The lowest BCUT2D eigenvalue weighted by Crippen LogP contribution is -2.05. The van der Waals surface area contributed by atoms with Crippen LogP contribution in [0.5, 0.6) is 0 Å². The van der Waals surface area contributed by atoms with E-state index >= 15 is 0 Å². The quantitative estimate of drug-likeness (QED) is 0.679. The Kier molecular flexibility index (Phi) is 7.41. The van der Waals surface area contributed by atoms with Gasteiger partial charge in [-0.3, -0.25) is 0 Å². The van der Waals surface area contributed by atoms with E-state index in [2.05, 4.69) is 69.5 Å². The molecule has 0 N–H and O–H groups in total. The van der Waals surface area contributed by atoms with Crippen LogP contribution >= 0.6 is 0 Å². The van der Waals surface area contributed by atoms with E-state index in [0.29, 0.717) is 0 Å². The van der Waals surface area contributed by atoms with Crippen LogP contribution < -0.4 is 0 Å². The lowest BCUT2D eigenvalue weighted by atomic mass is 9.81. The third kappa shape index (κ3) is 4.82. The summed E-state index contributed by atoms with van der Waals surface area (Å²) in [4.78, 5) is 0. The fraction of sp³-hybridized carbons (Fsp3) is 0.400. The SMILES string of the molecule is CCO[Si].c1ccc(-c2ccccc2C2CCCCC2)cc1. The first-order valence-corrected chi connectivity index (χ1v) is 8.70. The van der Waals surface area contributed by atoms with Gasteiger partial charge in [0, 0.05) is 6.61 Å². The van der Waals surface area contributed by atoms with E-state index in [4.69, 9.17) is 0 Å². The highest BCUT2D eigenvalue weighted by atomic mass is 28.2. The summed E-state index contributed by atoms with van der Waals surface area (Å²) in [7, 11) is 2.79. The lowest BCUT2D eigenvalue weighted by molar-refractivity contribution is 0.375. The van der Waals surface area contributed by atoms with Gasteiger partial charge in [-0.15, -0.1) is 0 Å². The van der Waals surface area contributed by atoms with Gasteiger partial charge in [-0.25, -0.2) is 0 Å². The summed E-state index contributed by atoms with van der Waals surface area (Å²) in [5.41, 5.74) is 4.35. The standard InChI is InChI=1S/C18H20.C2H5OSi/c1-3-9-15(10-4-1)17-13-7-8-14-18(17)16-11-5-2-6-12-16;1-2-3-4/h1,3-4,7-10,13-14,16H,2,5-6,11-12H2;2H2,1H3. The Hall–Kier alpha value is -1.38. The molecule has 0 saturated heterocycles. The van der Waals surface area contributed by atoms with Gasteiger partial charge in [0.15, 0.2) is 0 Å². The summed E-state index contributed by atoms with van der Waals surface area (Å²) in [5, 5.41) is 0. The molecule has 0 aromatic heterocycles. The van der Waals surface area contributed by atoms with E-state index in [1.54, 1.807) is 5.56 Å². The van der Waals surface area contributed by atoms with E-state index in [1.165, 1.54) is 43.2 Å². The minimum Gasteiger partial charge on any atom is -0.419 e. The molecule has 1 nitrogen and oxygen atoms in total. The molecule has 2 heteroatoms. The molecule has 1 fully saturated rings. The maximum absolute atomic E-state index is 4.35. The largest absolute Gasteiger partial charge is 0.419 e. The van der Waals surface area contributed by atoms with Crippen molar-refractivity contribution in [2.24, 2.45) is 0 Å². The first-order chi connectivity index (χ1) is 10.9. The Labute approximate surface area is 138 Å². The molecule has 1 aliphatic rings. The third-order valence-corrected chi connectivity index (χ3v) is 4.52. The highest BCUT2D eigenvalue weighted by Gasteiger charge is 2.18. The fourth-order valence-electron chi connectivity index (χ4n) is 3.15. The highest BCUT2D eigenvalue weighted by Crippen LogP contribution is 2.37. The van der Waals surface area contributed by atoms with E-state index in [9.17, 15) is 0 Å². The van der Waals surface area contributed by atoms with Crippen LogP contribution in [0.3, 0.4) is 0 Å². The van der Waals surface area contributed by atoms with Crippen molar-refractivity contribution in [3.63, 3.8) is 0 Å². The molecular formula is C20H25OSi. The van der Waals surface area contributed by atoms with Crippen molar-refractivity contribution in [3.05, 3.63) is 60.2 Å². The molecular weight excluding hydrogens is 284 g/mol. The first-order valence-electron chi connectivity index (χ1n) is 8.29. The van der Waals surface area contributed by atoms with Crippen LogP contribution in [0.4, 0.5) is 0 Å². The average molecular weight is 310 g/mol. The van der Waals surface area contributed by atoms with Crippen LogP contribution in [0, 0.1) is 0 Å². The Morgan fingerprint density at radius 1 is 0.909 bits per heavy atom. The summed E-state index contributed by atoms with van der Waals surface area (Å²) in [6.45, 7) is 2.64. The van der Waals surface area contributed by atoms with Crippen LogP contribution in [-0.2, 0) is 4.43 Å². The molecule has 0 bridgehead atoms. The summed E-state index contributed by atoms with van der Waals surface area (Å²) in [6.07, 6.45) is 6.94. The summed E-state index contributed by atoms with van der Waals surface area (Å²) < 4.78 is 4.35. The molecule has 3 rings (SSSR count). The minimum absolute atomic E-state index is 0.733. The zero-order chi connectivity index (χ0) is 15.6. The van der Waals surface area contributed by atoms with Crippen molar-refractivity contribution in [2.45, 2.75) is 44.9 Å². The second kappa shape index (κ2) is 9.60. The van der Waals surface area contributed by atoms with Crippen LogP contribution in [0.15, 0.2) is 54.6 Å². The maximum atomic E-state index is 4.35. The van der Waals surface area contributed by atoms with Crippen LogP contribution in [-0.4, -0.2) is 17.1 Å². The Bertz CT molecular complexity index is 530. The average Bonchev–Trinajstić information content (AvgIpc) is 2.63. The number of rotatable bonds is 3. The Balaban J connectivity index is 0.000000396. The Morgan fingerprint density at radius 3 is 2.14 bits per heavy atom. The second-order valence-corrected chi connectivity index (χ2v) is 6.01. The lowest BCUT2D eigenvalue weighted by Gasteiger charge is -2.24. The number of hydrogen-bond donors (Lipinski definition) is 0. The van der Waals surface area contributed by atoms with Gasteiger partial charge in [0.25, 0.3) is 0 Å². The van der Waals surface area contributed by atoms with Crippen LogP contribution in [0.2, 0.25) is 0 Å². The summed E-state index contributed by atoms with van der Waals surface area (Å²) in [6, 6.07) is 19.8. The van der Waals surface area contributed by atoms with Gasteiger partial charge in [0.05, 0.1) is 0 Å². The molecule has 0 spiro atoms. The molecule has 0 amide bonds. The third-order valence-electron chi connectivity index (χ3n) is 4.23. The second-order valence-electron chi connectivity index (χ2n) is 5.72. The van der Waals surface area contributed by atoms with Gasteiger partial charge < -0.3 is 4.43 Å². The van der Waals surface area contributed by atoms with Gasteiger partial charge in [0.2, 0.25) is 10.5 Å². The molecule has 22 heavy (non-hydrogen) atoms. The van der Waals surface area contributed by atoms with Gasteiger partial charge in [-0.05, 0) is 42.4 Å². The maximum Gasteiger partial charge on any atom is 0.246 e. The molecule has 0 unspecified atom stereocenters. The molecule has 1 saturated carbocycles. The summed E-state index contributed by atoms with van der Waals surface area (Å²) >= 11 is 0. The molecule has 1 aliphatic carbocycles. The zero-order valence-corrected chi connectivity index (χ0v) is 14.4. The molecule has 115 valence electrons. The zero-order valence-electron chi connectivity index (χ0n) is 13.4. The van der Waals surface area contributed by atoms with Crippen molar-refractivity contribution in [1.29, 1.82) is 0 Å². The van der Waals surface area contributed by atoms with E-state index in [-0.39, 0.29) is 0 Å². The monoisotopic (exact) mass is 309 g/mol. The van der Waals surface area contributed by atoms with Crippen molar-refractivity contribution < 1.29 is 4.43 Å². The van der Waals surface area contributed by atoms with Crippen molar-refractivity contribution in [3.8, 4) is 11.1 Å². The molecule has 2 aromatic carbocycles. The topological polar surface area (TPSA) is 9.23 Å². The highest BCUT2D eigenvalue weighted by molar-refractivity contribution is 5.97. The smallest absolute Gasteiger partial charge is 0.246 e. The minimum atomic E-state index is 0.733. The fourth-order valence-corrected chi connectivity index (χ4v) is 3.15. The van der Waals surface area contributed by atoms with E-state index in [0.717, 1.165) is 12.5 Å². The Morgan fingerprint density at radius 2 is 1.50 bits per heavy atom. The van der Waals surface area contributed by atoms with Crippen molar-refractivity contribution in [1.82, 2.24) is 0 Å². The normalized spacial score (nSPS) is 15.0. The van der Waals surface area contributed by atoms with E-state index in [1.807, 2.05) is 6.92 Å². The van der Waals surface area contributed by atoms with Crippen LogP contribution in [0.1, 0.15) is 50.5 Å². The molecule has 0 atom stereocenters. The molecule has 0 heterocycles. The molecule has 0 aliphatic heterocycles. The van der Waals surface area contributed by atoms with Crippen LogP contribution in [0.25, 0.3) is 11.1 Å². The summed E-state index contributed by atoms with van der Waals surface area (Å²) in [5.74, 6) is 0.773. The predicted molar refractivity (Wildman–Crippen MR) is 95.1 cm³/mol.